The Kier molecular flexibility index (Phi) is 4.14. The first-order chi connectivity index (χ1) is 9.06. The predicted molar refractivity (Wildman–Crippen MR) is 76.3 cm³/mol. The van der Waals surface area contributed by atoms with Crippen molar-refractivity contribution in [3.05, 3.63) is 35.5 Å². The Bertz CT molecular complexity index is 545. The van der Waals surface area contributed by atoms with Crippen LogP contribution in [0, 0.1) is 6.92 Å². The molecule has 0 saturated carbocycles. The van der Waals surface area contributed by atoms with Crippen molar-refractivity contribution in [1.29, 1.82) is 0 Å². The van der Waals surface area contributed by atoms with E-state index in [0.717, 1.165) is 30.3 Å². The van der Waals surface area contributed by atoms with Gasteiger partial charge in [0.2, 0.25) is 0 Å². The third-order valence-electron chi connectivity index (χ3n) is 3.00. The molecule has 0 aliphatic rings. The third kappa shape index (κ3) is 3.53. The van der Waals surface area contributed by atoms with Crippen LogP contribution in [0.4, 0.5) is 5.82 Å². The highest BCUT2D eigenvalue weighted by Gasteiger charge is 2.06. The molecule has 0 aliphatic carbocycles. The van der Waals surface area contributed by atoms with Crippen molar-refractivity contribution in [2.24, 2.45) is 7.05 Å². The van der Waals surface area contributed by atoms with E-state index >= 15 is 0 Å². The molecule has 2 rings (SSSR count). The number of hydrogen-bond donors (Lipinski definition) is 1. The molecule has 1 N–H and O–H groups in total. The van der Waals surface area contributed by atoms with E-state index in [4.69, 9.17) is 0 Å². The first-order valence-electron chi connectivity index (χ1n) is 6.62. The van der Waals surface area contributed by atoms with Crippen LogP contribution in [0.5, 0.6) is 0 Å². The lowest BCUT2D eigenvalue weighted by Gasteiger charge is -2.10. The largest absolute Gasteiger partial charge is 0.370 e. The summed E-state index contributed by atoms with van der Waals surface area (Å²) in [4.78, 5) is 8.97. The van der Waals surface area contributed by atoms with Gasteiger partial charge in [0, 0.05) is 49.6 Å². The predicted octanol–water partition coefficient (Wildman–Crippen LogP) is 2.30. The zero-order chi connectivity index (χ0) is 13.8. The SMILES string of the molecule is Cc1cc(NCCc2ccnn2C)nc(C(C)C)n1. The molecule has 2 heterocycles. The number of aryl methyl sites for hydroxylation is 2. The van der Waals surface area contributed by atoms with Crippen molar-refractivity contribution in [2.75, 3.05) is 11.9 Å². The maximum absolute atomic E-state index is 4.53. The molecule has 0 aromatic carbocycles. The first-order valence-corrected chi connectivity index (χ1v) is 6.62. The molecule has 19 heavy (non-hydrogen) atoms. The fraction of sp³-hybridized carbons (Fsp3) is 0.500. The molecule has 0 radical (unpaired) electrons. The first kappa shape index (κ1) is 13.5. The summed E-state index contributed by atoms with van der Waals surface area (Å²) in [6, 6.07) is 4.02. The van der Waals surface area contributed by atoms with Gasteiger partial charge >= 0.3 is 0 Å². The van der Waals surface area contributed by atoms with Gasteiger partial charge in [0.1, 0.15) is 11.6 Å². The molecule has 0 saturated heterocycles. The zero-order valence-electron chi connectivity index (χ0n) is 12.0. The van der Waals surface area contributed by atoms with Crippen molar-refractivity contribution in [3.63, 3.8) is 0 Å². The van der Waals surface area contributed by atoms with Gasteiger partial charge in [-0.3, -0.25) is 4.68 Å². The standard InChI is InChI=1S/C14H21N5/c1-10(2)14-17-11(3)9-13(18-14)15-7-5-12-6-8-16-19(12)4/h6,8-10H,5,7H2,1-4H3,(H,15,17,18). The van der Waals surface area contributed by atoms with Crippen LogP contribution in [-0.4, -0.2) is 26.3 Å². The number of nitrogens with one attached hydrogen (secondary N) is 1. The molecule has 0 bridgehead atoms. The number of anilines is 1. The van der Waals surface area contributed by atoms with Crippen LogP contribution in [-0.2, 0) is 13.5 Å². The summed E-state index contributed by atoms with van der Waals surface area (Å²) in [6.07, 6.45) is 2.75. The quantitative estimate of drug-likeness (QED) is 0.895. The van der Waals surface area contributed by atoms with Gasteiger partial charge < -0.3 is 5.32 Å². The van der Waals surface area contributed by atoms with Crippen LogP contribution in [0.15, 0.2) is 18.3 Å². The van der Waals surface area contributed by atoms with E-state index < -0.39 is 0 Å². The van der Waals surface area contributed by atoms with Crippen LogP contribution >= 0.6 is 0 Å². The van der Waals surface area contributed by atoms with Crippen LogP contribution in [0.25, 0.3) is 0 Å². The molecular weight excluding hydrogens is 238 g/mol. The van der Waals surface area contributed by atoms with Crippen LogP contribution < -0.4 is 5.32 Å². The van der Waals surface area contributed by atoms with Crippen molar-refractivity contribution in [3.8, 4) is 0 Å². The van der Waals surface area contributed by atoms with E-state index in [9.17, 15) is 0 Å². The molecule has 2 aromatic heterocycles. The normalized spacial score (nSPS) is 11.0. The van der Waals surface area contributed by atoms with Gasteiger partial charge in [-0.2, -0.15) is 5.10 Å². The molecule has 5 heteroatoms. The van der Waals surface area contributed by atoms with E-state index in [1.807, 2.05) is 37.0 Å². The van der Waals surface area contributed by atoms with Crippen molar-refractivity contribution >= 4 is 5.82 Å². The van der Waals surface area contributed by atoms with Gasteiger partial charge in [-0.15, -0.1) is 0 Å². The summed E-state index contributed by atoms with van der Waals surface area (Å²) in [7, 11) is 1.96. The van der Waals surface area contributed by atoms with E-state index in [0.29, 0.717) is 5.92 Å². The van der Waals surface area contributed by atoms with Crippen LogP contribution in [0.2, 0.25) is 0 Å². The number of aromatic nitrogens is 4. The average Bonchev–Trinajstić information content (AvgIpc) is 2.74. The molecular formula is C14H21N5. The Morgan fingerprint density at radius 1 is 1.32 bits per heavy atom. The van der Waals surface area contributed by atoms with Gasteiger partial charge in [0.25, 0.3) is 0 Å². The van der Waals surface area contributed by atoms with Crippen LogP contribution in [0.3, 0.4) is 0 Å². The molecule has 0 aliphatic heterocycles. The summed E-state index contributed by atoms with van der Waals surface area (Å²) in [6.45, 7) is 7.05. The fourth-order valence-electron chi connectivity index (χ4n) is 1.91. The minimum absolute atomic E-state index is 0.345. The molecule has 0 amide bonds. The Morgan fingerprint density at radius 3 is 2.74 bits per heavy atom. The molecule has 0 spiro atoms. The minimum atomic E-state index is 0.345. The molecule has 0 atom stereocenters. The summed E-state index contributed by atoms with van der Waals surface area (Å²) >= 11 is 0. The van der Waals surface area contributed by atoms with Gasteiger partial charge in [-0.05, 0) is 13.0 Å². The van der Waals surface area contributed by atoms with Crippen molar-refractivity contribution < 1.29 is 0 Å². The smallest absolute Gasteiger partial charge is 0.133 e. The van der Waals surface area contributed by atoms with Crippen molar-refractivity contribution in [1.82, 2.24) is 19.7 Å². The lowest BCUT2D eigenvalue weighted by atomic mass is 10.2. The summed E-state index contributed by atoms with van der Waals surface area (Å²) in [5, 5.41) is 7.51. The van der Waals surface area contributed by atoms with Crippen LogP contribution in [0.1, 0.15) is 37.0 Å². The number of rotatable bonds is 5. The highest BCUT2D eigenvalue weighted by Crippen LogP contribution is 2.13. The second kappa shape index (κ2) is 5.82. The van der Waals surface area contributed by atoms with Crippen molar-refractivity contribution in [2.45, 2.75) is 33.1 Å². The Hall–Kier alpha value is -1.91. The van der Waals surface area contributed by atoms with Gasteiger partial charge in [0.15, 0.2) is 0 Å². The summed E-state index contributed by atoms with van der Waals surface area (Å²) < 4.78 is 1.90. The second-order valence-electron chi connectivity index (χ2n) is 5.03. The van der Waals surface area contributed by atoms with E-state index in [-0.39, 0.29) is 0 Å². The Balaban J connectivity index is 1.98. The molecule has 0 unspecified atom stereocenters. The monoisotopic (exact) mass is 259 g/mol. The molecule has 5 nitrogen and oxygen atoms in total. The number of nitrogens with zero attached hydrogens (tertiary/aromatic N) is 4. The van der Waals surface area contributed by atoms with Gasteiger partial charge in [0.05, 0.1) is 0 Å². The minimum Gasteiger partial charge on any atom is -0.370 e. The van der Waals surface area contributed by atoms with E-state index in [1.165, 1.54) is 5.69 Å². The summed E-state index contributed by atoms with van der Waals surface area (Å²) in [5.74, 6) is 2.14. The molecule has 102 valence electrons. The number of hydrogen-bond acceptors (Lipinski definition) is 4. The Morgan fingerprint density at radius 2 is 2.11 bits per heavy atom. The summed E-state index contributed by atoms with van der Waals surface area (Å²) in [5.41, 5.74) is 2.21. The lowest BCUT2D eigenvalue weighted by molar-refractivity contribution is 0.710. The lowest BCUT2D eigenvalue weighted by Crippen LogP contribution is -2.11. The molecule has 2 aromatic rings. The van der Waals surface area contributed by atoms with E-state index in [2.05, 4.69) is 34.2 Å². The fourth-order valence-corrected chi connectivity index (χ4v) is 1.91. The maximum Gasteiger partial charge on any atom is 0.133 e. The Labute approximate surface area is 114 Å². The van der Waals surface area contributed by atoms with Gasteiger partial charge in [-0.1, -0.05) is 13.8 Å². The topological polar surface area (TPSA) is 55.6 Å². The highest BCUT2D eigenvalue weighted by atomic mass is 15.3. The highest BCUT2D eigenvalue weighted by molar-refractivity contribution is 5.36. The van der Waals surface area contributed by atoms with Gasteiger partial charge in [-0.25, -0.2) is 9.97 Å². The second-order valence-corrected chi connectivity index (χ2v) is 5.03. The molecule has 0 fully saturated rings. The third-order valence-corrected chi connectivity index (χ3v) is 3.00. The van der Waals surface area contributed by atoms with E-state index in [1.54, 1.807) is 0 Å². The zero-order valence-corrected chi connectivity index (χ0v) is 12.0. The average molecular weight is 259 g/mol. The maximum atomic E-state index is 4.53.